The SMILES string of the molecule is O=c1n(Cc2cc(-c3ccccc3)on2)nc2ccccn12. The molecule has 4 aromatic rings. The smallest absolute Gasteiger partial charge is 0.350 e. The normalized spacial score (nSPS) is 11.1. The molecular weight excluding hydrogens is 280 g/mol. The monoisotopic (exact) mass is 292 g/mol. The van der Waals surface area contributed by atoms with Crippen molar-refractivity contribution in [3.8, 4) is 11.3 Å². The van der Waals surface area contributed by atoms with Crippen LogP contribution in [0, 0.1) is 0 Å². The highest BCUT2D eigenvalue weighted by Gasteiger charge is 2.11. The molecule has 0 aliphatic heterocycles. The molecule has 4 rings (SSSR count). The van der Waals surface area contributed by atoms with Crippen molar-refractivity contribution < 1.29 is 4.52 Å². The molecule has 3 heterocycles. The van der Waals surface area contributed by atoms with Crippen LogP contribution in [0.3, 0.4) is 0 Å². The Morgan fingerprint density at radius 1 is 1.05 bits per heavy atom. The Morgan fingerprint density at radius 2 is 1.86 bits per heavy atom. The van der Waals surface area contributed by atoms with E-state index in [1.165, 1.54) is 9.08 Å². The molecule has 0 bridgehead atoms. The van der Waals surface area contributed by atoms with Gasteiger partial charge in [-0.1, -0.05) is 41.6 Å². The van der Waals surface area contributed by atoms with Gasteiger partial charge in [0, 0.05) is 17.8 Å². The molecule has 6 heteroatoms. The Morgan fingerprint density at radius 3 is 2.68 bits per heavy atom. The van der Waals surface area contributed by atoms with Crippen molar-refractivity contribution in [1.82, 2.24) is 19.3 Å². The lowest BCUT2D eigenvalue weighted by Gasteiger charge is -1.93. The second-order valence-corrected chi connectivity index (χ2v) is 4.92. The number of benzene rings is 1. The van der Waals surface area contributed by atoms with Gasteiger partial charge in [-0.15, -0.1) is 5.10 Å². The summed E-state index contributed by atoms with van der Waals surface area (Å²) in [5.41, 5.74) is 2.02. The van der Waals surface area contributed by atoms with E-state index < -0.39 is 0 Å². The molecule has 0 N–H and O–H groups in total. The highest BCUT2D eigenvalue weighted by Crippen LogP contribution is 2.19. The maximum atomic E-state index is 12.2. The first-order valence-corrected chi connectivity index (χ1v) is 6.86. The van der Waals surface area contributed by atoms with E-state index in [1.807, 2.05) is 42.5 Å². The van der Waals surface area contributed by atoms with Crippen molar-refractivity contribution in [3.05, 3.63) is 77.0 Å². The van der Waals surface area contributed by atoms with Gasteiger partial charge in [0.1, 0.15) is 5.69 Å². The molecule has 0 unspecified atom stereocenters. The molecule has 22 heavy (non-hydrogen) atoms. The molecule has 0 fully saturated rings. The predicted molar refractivity (Wildman–Crippen MR) is 80.5 cm³/mol. The summed E-state index contributed by atoms with van der Waals surface area (Å²) < 4.78 is 8.21. The molecular formula is C16H12N4O2. The molecule has 0 saturated heterocycles. The Kier molecular flexibility index (Phi) is 2.86. The predicted octanol–water partition coefficient (Wildman–Crippen LogP) is 2.20. The van der Waals surface area contributed by atoms with Crippen LogP contribution in [-0.4, -0.2) is 19.3 Å². The van der Waals surface area contributed by atoms with Gasteiger partial charge in [0.05, 0.1) is 6.54 Å². The summed E-state index contributed by atoms with van der Waals surface area (Å²) in [5.74, 6) is 0.674. The topological polar surface area (TPSA) is 65.3 Å². The van der Waals surface area contributed by atoms with Gasteiger partial charge in [-0.25, -0.2) is 9.48 Å². The van der Waals surface area contributed by atoms with E-state index in [0.717, 1.165) is 5.56 Å². The Hall–Kier alpha value is -3.15. The Bertz CT molecular complexity index is 982. The molecule has 0 saturated carbocycles. The van der Waals surface area contributed by atoms with Crippen LogP contribution in [0.4, 0.5) is 0 Å². The van der Waals surface area contributed by atoms with Gasteiger partial charge in [-0.2, -0.15) is 0 Å². The third-order valence-corrected chi connectivity index (χ3v) is 3.42. The van der Waals surface area contributed by atoms with Crippen molar-refractivity contribution in [3.63, 3.8) is 0 Å². The first-order valence-electron chi connectivity index (χ1n) is 6.86. The quantitative estimate of drug-likeness (QED) is 0.580. The number of aromatic nitrogens is 4. The number of hydrogen-bond acceptors (Lipinski definition) is 4. The van der Waals surface area contributed by atoms with Crippen LogP contribution in [0.5, 0.6) is 0 Å². The number of rotatable bonds is 3. The maximum absolute atomic E-state index is 12.2. The molecule has 0 atom stereocenters. The van der Waals surface area contributed by atoms with E-state index in [4.69, 9.17) is 4.52 Å². The Labute approximate surface area is 125 Å². The van der Waals surface area contributed by atoms with Crippen LogP contribution >= 0.6 is 0 Å². The Balaban J connectivity index is 1.67. The first-order chi connectivity index (χ1) is 10.8. The summed E-state index contributed by atoms with van der Waals surface area (Å²) in [6.45, 7) is 0.275. The van der Waals surface area contributed by atoms with Crippen molar-refractivity contribution in [1.29, 1.82) is 0 Å². The second kappa shape index (κ2) is 5.00. The van der Waals surface area contributed by atoms with Crippen LogP contribution in [0.2, 0.25) is 0 Å². The maximum Gasteiger partial charge on any atom is 0.350 e. The average molecular weight is 292 g/mol. The van der Waals surface area contributed by atoms with E-state index in [-0.39, 0.29) is 12.2 Å². The van der Waals surface area contributed by atoms with E-state index in [1.54, 1.807) is 18.3 Å². The molecule has 0 amide bonds. The average Bonchev–Trinajstić information content (AvgIpc) is 3.15. The second-order valence-electron chi connectivity index (χ2n) is 4.92. The summed E-state index contributed by atoms with van der Waals surface area (Å²) in [7, 11) is 0. The third kappa shape index (κ3) is 2.10. The summed E-state index contributed by atoms with van der Waals surface area (Å²) in [4.78, 5) is 12.2. The summed E-state index contributed by atoms with van der Waals surface area (Å²) in [5, 5.41) is 8.29. The van der Waals surface area contributed by atoms with Gasteiger partial charge in [0.25, 0.3) is 0 Å². The van der Waals surface area contributed by atoms with Crippen molar-refractivity contribution >= 4 is 5.65 Å². The first kappa shape index (κ1) is 12.6. The fourth-order valence-corrected chi connectivity index (χ4v) is 2.35. The molecule has 0 radical (unpaired) electrons. The van der Waals surface area contributed by atoms with Crippen molar-refractivity contribution in [2.45, 2.75) is 6.54 Å². The molecule has 0 aliphatic carbocycles. The zero-order valence-corrected chi connectivity index (χ0v) is 11.6. The number of hydrogen-bond donors (Lipinski definition) is 0. The van der Waals surface area contributed by atoms with Gasteiger partial charge in [0.15, 0.2) is 11.4 Å². The number of nitrogens with zero attached hydrogens (tertiary/aromatic N) is 4. The minimum absolute atomic E-state index is 0.195. The van der Waals surface area contributed by atoms with Crippen LogP contribution in [0.1, 0.15) is 5.69 Å². The van der Waals surface area contributed by atoms with Gasteiger partial charge in [0.2, 0.25) is 0 Å². The molecule has 6 nitrogen and oxygen atoms in total. The molecule has 0 spiro atoms. The van der Waals surface area contributed by atoms with E-state index >= 15 is 0 Å². The standard InChI is InChI=1S/C16H12N4O2/c21-16-19-9-5-4-8-15(19)17-20(16)11-13-10-14(22-18-13)12-6-2-1-3-7-12/h1-10H,11H2. The van der Waals surface area contributed by atoms with Crippen LogP contribution < -0.4 is 5.69 Å². The fourth-order valence-electron chi connectivity index (χ4n) is 2.35. The van der Waals surface area contributed by atoms with Gasteiger partial charge < -0.3 is 4.52 Å². The lowest BCUT2D eigenvalue weighted by Crippen LogP contribution is -2.21. The van der Waals surface area contributed by atoms with Gasteiger partial charge in [-0.3, -0.25) is 4.40 Å². The molecule has 1 aromatic carbocycles. The molecule has 3 aromatic heterocycles. The minimum atomic E-state index is -0.195. The largest absolute Gasteiger partial charge is 0.356 e. The fraction of sp³-hybridized carbons (Fsp3) is 0.0625. The van der Waals surface area contributed by atoms with E-state index in [9.17, 15) is 4.79 Å². The molecule has 0 aliphatic rings. The third-order valence-electron chi connectivity index (χ3n) is 3.42. The summed E-state index contributed by atoms with van der Waals surface area (Å²) in [6.07, 6.45) is 1.69. The van der Waals surface area contributed by atoms with Crippen molar-refractivity contribution in [2.24, 2.45) is 0 Å². The zero-order chi connectivity index (χ0) is 14.9. The highest BCUT2D eigenvalue weighted by molar-refractivity contribution is 5.56. The summed E-state index contributed by atoms with van der Waals surface area (Å²) >= 11 is 0. The lowest BCUT2D eigenvalue weighted by molar-refractivity contribution is 0.418. The van der Waals surface area contributed by atoms with Crippen molar-refractivity contribution in [2.75, 3.05) is 0 Å². The highest BCUT2D eigenvalue weighted by atomic mass is 16.5. The van der Waals surface area contributed by atoms with Crippen LogP contribution in [0.25, 0.3) is 17.0 Å². The lowest BCUT2D eigenvalue weighted by atomic mass is 10.2. The van der Waals surface area contributed by atoms with E-state index in [0.29, 0.717) is 17.1 Å². The number of fused-ring (bicyclic) bond motifs is 1. The van der Waals surface area contributed by atoms with E-state index in [2.05, 4.69) is 10.3 Å². The molecule has 108 valence electrons. The zero-order valence-electron chi connectivity index (χ0n) is 11.6. The van der Waals surface area contributed by atoms with Crippen LogP contribution in [0.15, 0.2) is 70.1 Å². The van der Waals surface area contributed by atoms with Crippen LogP contribution in [-0.2, 0) is 6.54 Å². The minimum Gasteiger partial charge on any atom is -0.356 e. The van der Waals surface area contributed by atoms with Gasteiger partial charge in [-0.05, 0) is 12.1 Å². The van der Waals surface area contributed by atoms with Gasteiger partial charge >= 0.3 is 5.69 Å². The summed E-state index contributed by atoms with van der Waals surface area (Å²) in [6, 6.07) is 17.0. The number of pyridine rings is 1.